The van der Waals surface area contributed by atoms with Crippen molar-refractivity contribution in [1.82, 2.24) is 4.90 Å². The molecule has 6 heteroatoms. The second-order valence-electron chi connectivity index (χ2n) is 6.18. The molecule has 1 saturated heterocycles. The zero-order chi connectivity index (χ0) is 18.5. The van der Waals surface area contributed by atoms with Gasteiger partial charge in [-0.25, -0.2) is 0 Å². The van der Waals surface area contributed by atoms with Crippen molar-refractivity contribution in [2.75, 3.05) is 19.7 Å². The number of hydrogen-bond donors (Lipinski definition) is 0. The Labute approximate surface area is 166 Å². The molecule has 0 spiro atoms. The van der Waals surface area contributed by atoms with Crippen LogP contribution in [0.5, 0.6) is 0 Å². The Balaban J connectivity index is 1.54. The number of benzene rings is 2. The van der Waals surface area contributed by atoms with Crippen LogP contribution in [0, 0.1) is 0 Å². The van der Waals surface area contributed by atoms with Crippen molar-refractivity contribution in [1.29, 1.82) is 0 Å². The first-order chi connectivity index (χ1) is 12.5. The van der Waals surface area contributed by atoms with E-state index >= 15 is 0 Å². The van der Waals surface area contributed by atoms with Gasteiger partial charge in [0.05, 0.1) is 13.2 Å². The number of Topliss-reactive ketones (excluding diaryl/α,β-unsaturated/α-hetero) is 1. The van der Waals surface area contributed by atoms with Crippen molar-refractivity contribution in [3.8, 4) is 0 Å². The Bertz CT molecular complexity index is 777. The van der Waals surface area contributed by atoms with Crippen LogP contribution in [0.3, 0.4) is 0 Å². The predicted octanol–water partition coefficient (Wildman–Crippen LogP) is 4.67. The molecule has 2 aromatic rings. The van der Waals surface area contributed by atoms with E-state index in [0.717, 1.165) is 10.0 Å². The fourth-order valence-electron chi connectivity index (χ4n) is 2.91. The Kier molecular flexibility index (Phi) is 6.46. The lowest BCUT2D eigenvalue weighted by Gasteiger charge is -2.33. The van der Waals surface area contributed by atoms with Crippen LogP contribution in [0.25, 0.3) is 0 Å². The lowest BCUT2D eigenvalue weighted by atomic mass is 10.1. The van der Waals surface area contributed by atoms with Crippen molar-refractivity contribution in [3.63, 3.8) is 0 Å². The third-order valence-electron chi connectivity index (χ3n) is 4.39. The van der Waals surface area contributed by atoms with Gasteiger partial charge in [-0.2, -0.15) is 0 Å². The van der Waals surface area contributed by atoms with Gasteiger partial charge in [-0.1, -0.05) is 51.8 Å². The molecule has 1 aliphatic rings. The zero-order valence-corrected chi connectivity index (χ0v) is 16.5. The molecule has 0 aliphatic carbocycles. The first-order valence-electron chi connectivity index (χ1n) is 8.46. The minimum absolute atomic E-state index is 0.0160. The van der Waals surface area contributed by atoms with Gasteiger partial charge in [-0.05, 0) is 29.8 Å². The van der Waals surface area contributed by atoms with E-state index in [9.17, 15) is 9.59 Å². The van der Waals surface area contributed by atoms with Gasteiger partial charge in [0, 0.05) is 34.4 Å². The number of amides is 1. The molecule has 1 fully saturated rings. The van der Waals surface area contributed by atoms with E-state index in [2.05, 4.69) is 15.9 Å². The fraction of sp³-hybridized carbons (Fsp3) is 0.300. The topological polar surface area (TPSA) is 46.6 Å². The summed E-state index contributed by atoms with van der Waals surface area (Å²) in [6, 6.07) is 14.7. The van der Waals surface area contributed by atoms with E-state index in [1.165, 1.54) is 0 Å². The van der Waals surface area contributed by atoms with E-state index in [1.807, 2.05) is 36.4 Å². The Morgan fingerprint density at radius 2 is 1.77 bits per heavy atom. The van der Waals surface area contributed by atoms with Crippen LogP contribution in [-0.4, -0.2) is 36.3 Å². The van der Waals surface area contributed by atoms with Crippen molar-refractivity contribution < 1.29 is 14.3 Å². The van der Waals surface area contributed by atoms with Gasteiger partial charge in [0.1, 0.15) is 6.10 Å². The smallest absolute Gasteiger partial charge is 0.223 e. The summed E-state index contributed by atoms with van der Waals surface area (Å²) in [5, 5.41) is 0.670. The maximum absolute atomic E-state index is 12.5. The summed E-state index contributed by atoms with van der Waals surface area (Å²) in [6.45, 7) is 1.53. The fourth-order valence-corrected chi connectivity index (χ4v) is 3.30. The molecule has 0 saturated carbocycles. The lowest BCUT2D eigenvalue weighted by Crippen LogP contribution is -2.42. The highest BCUT2D eigenvalue weighted by Crippen LogP contribution is 2.24. The van der Waals surface area contributed by atoms with Gasteiger partial charge in [-0.3, -0.25) is 9.59 Å². The maximum atomic E-state index is 12.5. The first-order valence-corrected chi connectivity index (χ1v) is 9.63. The number of morpholine rings is 1. The van der Waals surface area contributed by atoms with Gasteiger partial charge in [0.2, 0.25) is 5.91 Å². The second kappa shape index (κ2) is 8.80. The second-order valence-corrected chi connectivity index (χ2v) is 7.53. The number of nitrogens with zero attached hydrogens (tertiary/aromatic N) is 1. The van der Waals surface area contributed by atoms with Gasteiger partial charge in [0.25, 0.3) is 0 Å². The van der Waals surface area contributed by atoms with Gasteiger partial charge in [0.15, 0.2) is 5.78 Å². The summed E-state index contributed by atoms with van der Waals surface area (Å²) in [4.78, 5) is 26.5. The van der Waals surface area contributed by atoms with Gasteiger partial charge >= 0.3 is 0 Å². The number of carbonyl (C=O) groups excluding carboxylic acids is 2. The highest BCUT2D eigenvalue weighted by atomic mass is 79.9. The standard InChI is InChI=1S/C20H19BrClNO3/c21-16-5-1-14(2-6-16)18(24)9-10-20(25)23-11-12-26-19(13-23)15-3-7-17(22)8-4-15/h1-8,19H,9-13H2. The van der Waals surface area contributed by atoms with Crippen molar-refractivity contribution in [2.45, 2.75) is 18.9 Å². The molecule has 4 nitrogen and oxygen atoms in total. The van der Waals surface area contributed by atoms with Crippen LogP contribution in [0.2, 0.25) is 5.02 Å². The van der Waals surface area contributed by atoms with E-state index in [1.54, 1.807) is 17.0 Å². The molecule has 1 atom stereocenters. The molecule has 0 bridgehead atoms. The molecular formula is C20H19BrClNO3. The van der Waals surface area contributed by atoms with E-state index in [0.29, 0.717) is 30.3 Å². The summed E-state index contributed by atoms with van der Waals surface area (Å²) in [6.07, 6.45) is 0.262. The van der Waals surface area contributed by atoms with E-state index in [4.69, 9.17) is 16.3 Å². The minimum Gasteiger partial charge on any atom is -0.370 e. The average molecular weight is 437 g/mol. The predicted molar refractivity (Wildman–Crippen MR) is 104 cm³/mol. The summed E-state index contributed by atoms with van der Waals surface area (Å²) < 4.78 is 6.70. The normalized spacial score (nSPS) is 17.2. The van der Waals surface area contributed by atoms with E-state index in [-0.39, 0.29) is 30.6 Å². The third-order valence-corrected chi connectivity index (χ3v) is 5.17. The van der Waals surface area contributed by atoms with Crippen LogP contribution < -0.4 is 0 Å². The SMILES string of the molecule is O=C(CCC(=O)N1CCOC(c2ccc(Cl)cc2)C1)c1ccc(Br)cc1. The quantitative estimate of drug-likeness (QED) is 0.640. The molecule has 1 unspecified atom stereocenters. The van der Waals surface area contributed by atoms with Crippen LogP contribution in [0.1, 0.15) is 34.9 Å². The Morgan fingerprint density at radius 1 is 1.08 bits per heavy atom. The molecule has 1 amide bonds. The maximum Gasteiger partial charge on any atom is 0.223 e. The number of carbonyl (C=O) groups is 2. The van der Waals surface area contributed by atoms with Crippen LogP contribution in [0.15, 0.2) is 53.0 Å². The molecule has 1 aliphatic heterocycles. The van der Waals surface area contributed by atoms with Crippen LogP contribution in [-0.2, 0) is 9.53 Å². The molecular weight excluding hydrogens is 418 g/mol. The Morgan fingerprint density at radius 3 is 2.46 bits per heavy atom. The minimum atomic E-state index is -0.160. The molecule has 2 aromatic carbocycles. The molecule has 3 rings (SSSR count). The van der Waals surface area contributed by atoms with Gasteiger partial charge in [-0.15, -0.1) is 0 Å². The van der Waals surface area contributed by atoms with Crippen LogP contribution >= 0.6 is 27.5 Å². The molecule has 0 radical (unpaired) electrons. The number of hydrogen-bond acceptors (Lipinski definition) is 3. The highest BCUT2D eigenvalue weighted by Gasteiger charge is 2.25. The lowest BCUT2D eigenvalue weighted by molar-refractivity contribution is -0.139. The monoisotopic (exact) mass is 435 g/mol. The largest absolute Gasteiger partial charge is 0.370 e. The molecule has 136 valence electrons. The van der Waals surface area contributed by atoms with Crippen molar-refractivity contribution in [2.24, 2.45) is 0 Å². The highest BCUT2D eigenvalue weighted by molar-refractivity contribution is 9.10. The number of ketones is 1. The molecule has 0 aromatic heterocycles. The average Bonchev–Trinajstić information content (AvgIpc) is 2.67. The van der Waals surface area contributed by atoms with Gasteiger partial charge < -0.3 is 9.64 Å². The molecule has 1 heterocycles. The number of ether oxygens (including phenoxy) is 1. The molecule has 26 heavy (non-hydrogen) atoms. The zero-order valence-electron chi connectivity index (χ0n) is 14.2. The Hall–Kier alpha value is -1.69. The van der Waals surface area contributed by atoms with E-state index < -0.39 is 0 Å². The van der Waals surface area contributed by atoms with Crippen molar-refractivity contribution >= 4 is 39.2 Å². The number of halogens is 2. The third kappa shape index (κ3) is 4.93. The first kappa shape index (κ1) is 19.1. The van der Waals surface area contributed by atoms with Crippen molar-refractivity contribution in [3.05, 3.63) is 69.2 Å². The summed E-state index contributed by atoms with van der Waals surface area (Å²) in [5.41, 5.74) is 1.62. The van der Waals surface area contributed by atoms with Crippen LogP contribution in [0.4, 0.5) is 0 Å². The summed E-state index contributed by atoms with van der Waals surface area (Å²) >= 11 is 9.27. The number of rotatable bonds is 5. The summed E-state index contributed by atoms with van der Waals surface area (Å²) in [7, 11) is 0. The summed E-state index contributed by atoms with van der Waals surface area (Å²) in [5.74, 6) is -0.0360. The molecule has 0 N–H and O–H groups in total.